The van der Waals surface area contributed by atoms with Crippen LogP contribution in [0.1, 0.15) is 61.9 Å². The summed E-state index contributed by atoms with van der Waals surface area (Å²) in [6.07, 6.45) is 6.89. The Balaban J connectivity index is 1.34. The molecule has 38 heavy (non-hydrogen) atoms. The van der Waals surface area contributed by atoms with Crippen molar-refractivity contribution in [3.63, 3.8) is 0 Å². The number of carbonyl (C=O) groups is 1. The van der Waals surface area contributed by atoms with Crippen LogP contribution in [0.25, 0.3) is 10.9 Å². The highest BCUT2D eigenvalue weighted by molar-refractivity contribution is 9.10. The molecule has 200 valence electrons. The maximum Gasteiger partial charge on any atom is 0.253 e. The van der Waals surface area contributed by atoms with E-state index in [0.717, 1.165) is 65.5 Å². The predicted octanol–water partition coefficient (Wildman–Crippen LogP) is 6.94. The number of aromatic nitrogens is 1. The molecule has 2 fully saturated rings. The number of oxime groups is 1. The number of halogens is 2. The normalized spacial score (nSPS) is 20.5. The minimum atomic E-state index is -0.0251. The van der Waals surface area contributed by atoms with Crippen LogP contribution in [0.3, 0.4) is 0 Å². The molecule has 8 heteroatoms. The Morgan fingerprint density at radius 3 is 2.58 bits per heavy atom. The van der Waals surface area contributed by atoms with Gasteiger partial charge in [0.25, 0.3) is 5.91 Å². The predicted molar refractivity (Wildman–Crippen MR) is 157 cm³/mol. The summed E-state index contributed by atoms with van der Waals surface area (Å²) in [5.41, 5.74) is 3.48. The minimum Gasteiger partial charge on any atom is -0.396 e. The highest BCUT2D eigenvalue weighted by Gasteiger charge is 2.43. The Kier molecular flexibility index (Phi) is 8.36. The topological polar surface area (TPSA) is 58.0 Å². The molecule has 0 saturated carbocycles. The van der Waals surface area contributed by atoms with Crippen LogP contribution in [0.15, 0.2) is 64.4 Å². The smallest absolute Gasteiger partial charge is 0.253 e. The molecule has 3 aromatic rings. The molecule has 2 saturated heterocycles. The first kappa shape index (κ1) is 27.1. The Hall–Kier alpha value is -2.48. The minimum absolute atomic E-state index is 0.0251. The lowest BCUT2D eigenvalue weighted by molar-refractivity contribution is 0.00563. The summed E-state index contributed by atoms with van der Waals surface area (Å²) in [4.78, 5) is 28.1. The lowest BCUT2D eigenvalue weighted by Crippen LogP contribution is -2.60. The molecule has 1 unspecified atom stereocenters. The Labute approximate surface area is 238 Å². The van der Waals surface area contributed by atoms with Crippen LogP contribution in [0.4, 0.5) is 0 Å². The number of benzene rings is 2. The molecule has 1 aromatic heterocycles. The maximum atomic E-state index is 13.4. The molecule has 0 aliphatic carbocycles. The zero-order valence-electron chi connectivity index (χ0n) is 22.0. The van der Waals surface area contributed by atoms with E-state index in [1.807, 2.05) is 30.0 Å². The first-order valence-electron chi connectivity index (χ1n) is 13.5. The summed E-state index contributed by atoms with van der Waals surface area (Å²) >= 11 is 9.84. The van der Waals surface area contributed by atoms with Crippen molar-refractivity contribution in [1.82, 2.24) is 14.8 Å². The third kappa shape index (κ3) is 5.61. The van der Waals surface area contributed by atoms with Crippen molar-refractivity contribution in [1.29, 1.82) is 0 Å². The SMILES string of the molecule is CCO/N=C(/c1ccc(Br)cc1)C1CCCCN1C1(C)CCN(C(=O)c2ccc3c(Cl)ccnc3c2)CC1. The van der Waals surface area contributed by atoms with Gasteiger partial charge in [-0.1, -0.05) is 57.3 Å². The van der Waals surface area contributed by atoms with Gasteiger partial charge in [-0.05, 0) is 76.4 Å². The highest BCUT2D eigenvalue weighted by Crippen LogP contribution is 2.36. The number of carbonyl (C=O) groups excluding carboxylic acids is 1. The number of likely N-dealkylation sites (tertiary alicyclic amines) is 2. The monoisotopic (exact) mass is 596 g/mol. The van der Waals surface area contributed by atoms with E-state index in [0.29, 0.717) is 17.2 Å². The van der Waals surface area contributed by atoms with E-state index in [-0.39, 0.29) is 17.5 Å². The lowest BCUT2D eigenvalue weighted by Gasteiger charge is -2.51. The molecule has 2 aliphatic heterocycles. The zero-order chi connectivity index (χ0) is 26.7. The average molecular weight is 598 g/mol. The van der Waals surface area contributed by atoms with Gasteiger partial charge in [0.15, 0.2) is 0 Å². The molecule has 2 aromatic carbocycles. The number of hydrogen-bond acceptors (Lipinski definition) is 5. The van der Waals surface area contributed by atoms with Crippen molar-refractivity contribution in [2.45, 2.75) is 57.5 Å². The van der Waals surface area contributed by atoms with E-state index in [1.54, 1.807) is 12.3 Å². The first-order chi connectivity index (χ1) is 18.4. The molecular formula is C30H34BrClN4O2. The largest absolute Gasteiger partial charge is 0.396 e. The van der Waals surface area contributed by atoms with E-state index in [2.05, 4.69) is 62.2 Å². The van der Waals surface area contributed by atoms with Gasteiger partial charge < -0.3 is 9.74 Å². The van der Waals surface area contributed by atoms with Crippen molar-refractivity contribution >= 4 is 50.1 Å². The maximum absolute atomic E-state index is 13.4. The summed E-state index contributed by atoms with van der Waals surface area (Å²) in [6.45, 7) is 7.32. The van der Waals surface area contributed by atoms with Crippen LogP contribution in [0.2, 0.25) is 5.02 Å². The number of rotatable bonds is 6. The van der Waals surface area contributed by atoms with Crippen LogP contribution in [-0.4, -0.2) is 64.2 Å². The summed E-state index contributed by atoms with van der Waals surface area (Å²) in [5.74, 6) is 0.0550. The number of pyridine rings is 1. The molecule has 1 amide bonds. The van der Waals surface area contributed by atoms with Gasteiger partial charge in [-0.15, -0.1) is 0 Å². The van der Waals surface area contributed by atoms with Gasteiger partial charge in [-0.3, -0.25) is 14.7 Å². The Morgan fingerprint density at radius 2 is 1.84 bits per heavy atom. The number of fused-ring (bicyclic) bond motifs is 1. The zero-order valence-corrected chi connectivity index (χ0v) is 24.3. The van der Waals surface area contributed by atoms with E-state index in [9.17, 15) is 4.79 Å². The van der Waals surface area contributed by atoms with Crippen molar-refractivity contribution in [2.75, 3.05) is 26.2 Å². The Bertz CT molecular complexity index is 1320. The van der Waals surface area contributed by atoms with Crippen LogP contribution in [-0.2, 0) is 4.84 Å². The van der Waals surface area contributed by atoms with Gasteiger partial charge >= 0.3 is 0 Å². The van der Waals surface area contributed by atoms with Gasteiger partial charge in [-0.25, -0.2) is 0 Å². The highest BCUT2D eigenvalue weighted by atomic mass is 79.9. The second-order valence-electron chi connectivity index (χ2n) is 10.4. The molecule has 1 atom stereocenters. The number of hydrogen-bond donors (Lipinski definition) is 0. The number of amides is 1. The summed E-state index contributed by atoms with van der Waals surface area (Å²) in [5, 5.41) is 6.15. The van der Waals surface area contributed by atoms with Gasteiger partial charge in [-0.2, -0.15) is 0 Å². The third-order valence-electron chi connectivity index (χ3n) is 8.01. The molecular weight excluding hydrogens is 564 g/mol. The van der Waals surface area contributed by atoms with Crippen molar-refractivity contribution < 1.29 is 9.63 Å². The van der Waals surface area contributed by atoms with Gasteiger partial charge in [0.1, 0.15) is 12.3 Å². The molecule has 0 radical (unpaired) electrons. The summed E-state index contributed by atoms with van der Waals surface area (Å²) in [7, 11) is 0. The van der Waals surface area contributed by atoms with Crippen LogP contribution < -0.4 is 0 Å². The van der Waals surface area contributed by atoms with Gasteiger partial charge in [0.2, 0.25) is 0 Å². The van der Waals surface area contributed by atoms with E-state index < -0.39 is 0 Å². The molecule has 0 N–H and O–H groups in total. The third-order valence-corrected chi connectivity index (χ3v) is 8.87. The first-order valence-corrected chi connectivity index (χ1v) is 14.6. The van der Waals surface area contributed by atoms with E-state index >= 15 is 0 Å². The average Bonchev–Trinajstić information content (AvgIpc) is 2.94. The molecule has 6 nitrogen and oxygen atoms in total. The molecule has 5 rings (SSSR count). The summed E-state index contributed by atoms with van der Waals surface area (Å²) < 4.78 is 1.05. The molecule has 3 heterocycles. The van der Waals surface area contributed by atoms with Crippen molar-refractivity contribution in [2.24, 2.45) is 5.16 Å². The Morgan fingerprint density at radius 1 is 1.11 bits per heavy atom. The number of piperidine rings is 2. The standard InChI is InChI=1S/C30H34BrClN4O2/c1-3-38-34-28(21-7-10-23(31)11-8-21)27-6-4-5-17-36(27)30(2)14-18-35(19-15-30)29(37)22-9-12-24-25(32)13-16-33-26(24)20-22/h7-13,16,20,27H,3-6,14-15,17-19H2,1-2H3/b34-28-. The van der Waals surface area contributed by atoms with Crippen LogP contribution >= 0.6 is 27.5 Å². The second kappa shape index (κ2) is 11.7. The molecule has 0 bridgehead atoms. The van der Waals surface area contributed by atoms with Crippen molar-refractivity contribution in [3.05, 3.63) is 75.4 Å². The fourth-order valence-corrected chi connectivity index (χ4v) is 6.31. The fourth-order valence-electron chi connectivity index (χ4n) is 5.83. The summed E-state index contributed by atoms with van der Waals surface area (Å²) in [6, 6.07) is 15.9. The van der Waals surface area contributed by atoms with Gasteiger partial charge in [0.05, 0.1) is 16.6 Å². The quantitative estimate of drug-likeness (QED) is 0.228. The van der Waals surface area contributed by atoms with E-state index in [4.69, 9.17) is 16.4 Å². The van der Waals surface area contributed by atoms with Crippen molar-refractivity contribution in [3.8, 4) is 0 Å². The second-order valence-corrected chi connectivity index (χ2v) is 11.7. The van der Waals surface area contributed by atoms with E-state index in [1.165, 1.54) is 12.8 Å². The van der Waals surface area contributed by atoms with Gasteiger partial charge in [0, 0.05) is 45.8 Å². The molecule has 2 aliphatic rings. The number of nitrogens with zero attached hydrogens (tertiary/aromatic N) is 4. The molecule has 0 spiro atoms. The van der Waals surface area contributed by atoms with Crippen LogP contribution in [0, 0.1) is 0 Å². The van der Waals surface area contributed by atoms with Crippen LogP contribution in [0.5, 0.6) is 0 Å². The lowest BCUT2D eigenvalue weighted by atomic mass is 9.82. The fraction of sp³-hybridized carbons (Fsp3) is 0.433.